The Morgan fingerprint density at radius 1 is 0.974 bits per heavy atom. The van der Waals surface area contributed by atoms with E-state index in [2.05, 4.69) is 0 Å². The maximum absolute atomic E-state index is 13.3. The highest BCUT2D eigenvalue weighted by Crippen LogP contribution is 2.43. The fraction of sp³-hybridized carbons (Fsp3) is 0.267. The fourth-order valence-electron chi connectivity index (χ4n) is 4.50. The van der Waals surface area contributed by atoms with Gasteiger partial charge in [0.15, 0.2) is 11.5 Å². The van der Waals surface area contributed by atoms with Gasteiger partial charge in [-0.05, 0) is 54.8 Å². The molecule has 0 radical (unpaired) electrons. The SMILES string of the molecule is CCCN1C(=O)C(=O)/C(=C(/O)c2cc(OCC)ccc2Cl)C1c1ccc(OC)c(OCc2ccccc2)c1. The van der Waals surface area contributed by atoms with Gasteiger partial charge in [0, 0.05) is 12.1 Å². The van der Waals surface area contributed by atoms with Crippen LogP contribution in [-0.4, -0.2) is 42.0 Å². The molecule has 0 saturated carbocycles. The largest absolute Gasteiger partial charge is 0.507 e. The first-order valence-corrected chi connectivity index (χ1v) is 12.8. The summed E-state index contributed by atoms with van der Waals surface area (Å²) < 4.78 is 17.1. The Morgan fingerprint density at radius 3 is 2.42 bits per heavy atom. The molecule has 0 aliphatic carbocycles. The van der Waals surface area contributed by atoms with Crippen LogP contribution in [0.2, 0.25) is 5.02 Å². The van der Waals surface area contributed by atoms with Gasteiger partial charge in [-0.25, -0.2) is 0 Å². The lowest BCUT2D eigenvalue weighted by Gasteiger charge is -2.25. The molecule has 1 aliphatic rings. The number of Topliss-reactive ketones (excluding diaryl/α,β-unsaturated/α-hetero) is 1. The van der Waals surface area contributed by atoms with E-state index in [1.54, 1.807) is 43.5 Å². The van der Waals surface area contributed by atoms with Gasteiger partial charge in [-0.2, -0.15) is 0 Å². The van der Waals surface area contributed by atoms with Gasteiger partial charge in [0.05, 0.1) is 30.4 Å². The molecule has 1 heterocycles. The summed E-state index contributed by atoms with van der Waals surface area (Å²) in [5.74, 6) is -0.378. The number of rotatable bonds is 10. The summed E-state index contributed by atoms with van der Waals surface area (Å²) in [6, 6.07) is 18.9. The number of nitrogens with zero attached hydrogens (tertiary/aromatic N) is 1. The van der Waals surface area contributed by atoms with E-state index in [0.29, 0.717) is 49.0 Å². The molecule has 1 N–H and O–H groups in total. The number of ether oxygens (including phenoxy) is 3. The van der Waals surface area contributed by atoms with E-state index < -0.39 is 17.7 Å². The summed E-state index contributed by atoms with van der Waals surface area (Å²) in [7, 11) is 1.54. The minimum absolute atomic E-state index is 0.0434. The Kier molecular flexibility index (Phi) is 8.59. The predicted molar refractivity (Wildman–Crippen MR) is 146 cm³/mol. The lowest BCUT2D eigenvalue weighted by Crippen LogP contribution is -2.30. The predicted octanol–water partition coefficient (Wildman–Crippen LogP) is 6.16. The van der Waals surface area contributed by atoms with Crippen LogP contribution in [0.3, 0.4) is 0 Å². The lowest BCUT2D eigenvalue weighted by molar-refractivity contribution is -0.139. The smallest absolute Gasteiger partial charge is 0.295 e. The number of aliphatic hydroxyl groups is 1. The molecule has 1 saturated heterocycles. The van der Waals surface area contributed by atoms with Crippen molar-refractivity contribution < 1.29 is 28.9 Å². The number of carbonyl (C=O) groups excluding carboxylic acids is 2. The number of amides is 1. The van der Waals surface area contributed by atoms with Gasteiger partial charge in [0.25, 0.3) is 11.7 Å². The van der Waals surface area contributed by atoms with Crippen LogP contribution in [0.25, 0.3) is 5.76 Å². The average molecular weight is 536 g/mol. The van der Waals surface area contributed by atoms with Crippen LogP contribution >= 0.6 is 11.6 Å². The summed E-state index contributed by atoms with van der Waals surface area (Å²) in [6.45, 7) is 4.80. The molecule has 1 fully saturated rings. The molecular formula is C30H30ClNO6. The molecule has 3 aromatic rings. The highest BCUT2D eigenvalue weighted by Gasteiger charge is 2.46. The number of halogens is 1. The van der Waals surface area contributed by atoms with Crippen LogP contribution in [0.4, 0.5) is 0 Å². The molecule has 1 unspecified atom stereocenters. The minimum atomic E-state index is -0.841. The normalized spacial score (nSPS) is 16.5. The standard InChI is InChI=1S/C30H30ClNO6/c1-4-15-32-27(20-11-14-24(36-3)25(16-20)38-18-19-9-7-6-8-10-19)26(29(34)30(32)35)28(33)22-17-21(37-5-2)12-13-23(22)31/h6-14,16-17,27,33H,4-5,15,18H2,1-3H3/b28-26+. The lowest BCUT2D eigenvalue weighted by atomic mass is 9.94. The van der Waals surface area contributed by atoms with Crippen molar-refractivity contribution in [3.8, 4) is 17.2 Å². The first-order chi connectivity index (χ1) is 18.4. The van der Waals surface area contributed by atoms with Gasteiger partial charge in [0.2, 0.25) is 0 Å². The molecule has 0 spiro atoms. The van der Waals surface area contributed by atoms with E-state index in [0.717, 1.165) is 5.56 Å². The van der Waals surface area contributed by atoms with E-state index in [4.69, 9.17) is 25.8 Å². The third-order valence-corrected chi connectivity index (χ3v) is 6.58. The average Bonchev–Trinajstić information content (AvgIpc) is 3.18. The second kappa shape index (κ2) is 12.0. The molecule has 4 rings (SSSR count). The first kappa shape index (κ1) is 27.1. The van der Waals surface area contributed by atoms with Crippen LogP contribution in [0.1, 0.15) is 43.0 Å². The highest BCUT2D eigenvalue weighted by atomic mass is 35.5. The molecule has 8 heteroatoms. The summed E-state index contributed by atoms with van der Waals surface area (Å²) in [6.07, 6.45) is 0.623. The van der Waals surface area contributed by atoms with Crippen LogP contribution < -0.4 is 14.2 Å². The van der Waals surface area contributed by atoms with Crippen LogP contribution in [0.15, 0.2) is 72.3 Å². The number of hydrogen-bond acceptors (Lipinski definition) is 6. The van der Waals surface area contributed by atoms with E-state index in [9.17, 15) is 14.7 Å². The third kappa shape index (κ3) is 5.48. The number of carbonyl (C=O) groups is 2. The number of hydrogen-bond donors (Lipinski definition) is 1. The maximum Gasteiger partial charge on any atom is 0.295 e. The molecular weight excluding hydrogens is 506 g/mol. The number of likely N-dealkylation sites (tertiary alicyclic amines) is 1. The Hall–Kier alpha value is -3.97. The van der Waals surface area contributed by atoms with Crippen LogP contribution in [0, 0.1) is 0 Å². The van der Waals surface area contributed by atoms with Crippen LogP contribution in [0.5, 0.6) is 17.2 Å². The number of benzene rings is 3. The Bertz CT molecular complexity index is 1350. The number of ketones is 1. The summed E-state index contributed by atoms with van der Waals surface area (Å²) in [5.41, 5.74) is 1.74. The Labute approximate surface area is 227 Å². The zero-order valence-corrected chi connectivity index (χ0v) is 22.3. The maximum atomic E-state index is 13.3. The number of methoxy groups -OCH3 is 1. The fourth-order valence-corrected chi connectivity index (χ4v) is 4.70. The first-order valence-electron chi connectivity index (χ1n) is 12.4. The third-order valence-electron chi connectivity index (χ3n) is 6.25. The van der Waals surface area contributed by atoms with E-state index in [-0.39, 0.29) is 21.9 Å². The quantitative estimate of drug-likeness (QED) is 0.190. The van der Waals surface area contributed by atoms with Crippen molar-refractivity contribution in [3.05, 3.63) is 94.0 Å². The van der Waals surface area contributed by atoms with E-state index in [1.165, 1.54) is 4.90 Å². The van der Waals surface area contributed by atoms with Gasteiger partial charge in [0.1, 0.15) is 18.1 Å². The van der Waals surface area contributed by atoms with Crippen molar-refractivity contribution in [3.63, 3.8) is 0 Å². The van der Waals surface area contributed by atoms with E-state index >= 15 is 0 Å². The second-order valence-electron chi connectivity index (χ2n) is 8.75. The molecule has 198 valence electrons. The van der Waals surface area contributed by atoms with E-state index in [1.807, 2.05) is 44.2 Å². The molecule has 3 aromatic carbocycles. The zero-order valence-electron chi connectivity index (χ0n) is 21.6. The summed E-state index contributed by atoms with van der Waals surface area (Å²) in [4.78, 5) is 27.9. The molecule has 1 atom stereocenters. The molecule has 38 heavy (non-hydrogen) atoms. The van der Waals surface area contributed by atoms with Gasteiger partial charge in [-0.1, -0.05) is 54.9 Å². The van der Waals surface area contributed by atoms with Crippen molar-refractivity contribution in [2.24, 2.45) is 0 Å². The zero-order chi connectivity index (χ0) is 27.2. The van der Waals surface area contributed by atoms with Crippen molar-refractivity contribution in [1.82, 2.24) is 4.90 Å². The van der Waals surface area contributed by atoms with Crippen molar-refractivity contribution in [2.75, 3.05) is 20.3 Å². The van der Waals surface area contributed by atoms with Gasteiger partial charge >= 0.3 is 0 Å². The second-order valence-corrected chi connectivity index (χ2v) is 9.16. The van der Waals surface area contributed by atoms with Gasteiger partial charge in [-0.15, -0.1) is 0 Å². The molecule has 1 amide bonds. The van der Waals surface area contributed by atoms with Crippen molar-refractivity contribution in [1.29, 1.82) is 0 Å². The van der Waals surface area contributed by atoms with Crippen LogP contribution in [-0.2, 0) is 16.2 Å². The molecule has 0 bridgehead atoms. The number of aliphatic hydroxyl groups excluding tert-OH is 1. The Morgan fingerprint density at radius 2 is 1.74 bits per heavy atom. The monoisotopic (exact) mass is 535 g/mol. The van der Waals surface area contributed by atoms with Gasteiger partial charge < -0.3 is 24.2 Å². The summed E-state index contributed by atoms with van der Waals surface area (Å²) >= 11 is 6.41. The van der Waals surface area contributed by atoms with Crippen molar-refractivity contribution >= 4 is 29.1 Å². The topological polar surface area (TPSA) is 85.3 Å². The minimum Gasteiger partial charge on any atom is -0.507 e. The Balaban J connectivity index is 1.82. The molecule has 7 nitrogen and oxygen atoms in total. The molecule has 1 aliphatic heterocycles. The molecule has 0 aromatic heterocycles. The summed E-state index contributed by atoms with van der Waals surface area (Å²) in [5, 5.41) is 11.6. The van der Waals surface area contributed by atoms with Gasteiger partial charge in [-0.3, -0.25) is 9.59 Å². The highest BCUT2D eigenvalue weighted by molar-refractivity contribution is 6.47. The van der Waals surface area contributed by atoms with Crippen molar-refractivity contribution in [2.45, 2.75) is 32.9 Å².